The summed E-state index contributed by atoms with van der Waals surface area (Å²) in [5.74, 6) is 0.751. The van der Waals surface area contributed by atoms with Crippen LogP contribution in [0.4, 0.5) is 0 Å². The van der Waals surface area contributed by atoms with Gasteiger partial charge in [-0.1, -0.05) is 24.8 Å². The molecule has 3 rings (SSSR count). The minimum absolute atomic E-state index is 0.132. The van der Waals surface area contributed by atoms with Gasteiger partial charge in [-0.05, 0) is 65.9 Å². The van der Waals surface area contributed by atoms with Crippen molar-refractivity contribution in [2.45, 2.75) is 6.92 Å². The summed E-state index contributed by atoms with van der Waals surface area (Å²) in [6.07, 6.45) is 1.81. The number of H-pyrrole nitrogens is 1. The highest BCUT2D eigenvalue weighted by atomic mass is 127. The molecule has 3 aromatic rings. The highest BCUT2D eigenvalue weighted by Crippen LogP contribution is 2.18. The Balaban J connectivity index is 2.15. The van der Waals surface area contributed by atoms with Gasteiger partial charge in [0.15, 0.2) is 0 Å². The first-order valence-electron chi connectivity index (χ1n) is 7.59. The lowest BCUT2D eigenvalue weighted by atomic mass is 10.1. The molecule has 0 aliphatic carbocycles. The van der Waals surface area contributed by atoms with E-state index in [1.807, 2.05) is 61.5 Å². The number of benzene rings is 2. The second-order valence-corrected chi connectivity index (χ2v) is 6.48. The minimum atomic E-state index is -0.132. The van der Waals surface area contributed by atoms with Crippen LogP contribution in [-0.4, -0.2) is 16.4 Å². The molecule has 0 atom stereocenters. The topological polar surface area (TPSA) is 47.0 Å². The molecule has 1 aromatic heterocycles. The van der Waals surface area contributed by atoms with E-state index in [4.69, 9.17) is 4.74 Å². The third-order valence-electron chi connectivity index (χ3n) is 3.61. The van der Waals surface area contributed by atoms with Crippen LogP contribution in [0.15, 0.2) is 53.3 Å². The first-order valence-corrected chi connectivity index (χ1v) is 8.67. The Kier molecular flexibility index (Phi) is 4.89. The predicted molar refractivity (Wildman–Crippen MR) is 105 cm³/mol. The van der Waals surface area contributed by atoms with Gasteiger partial charge < -0.3 is 4.74 Å². The molecule has 0 fully saturated rings. The maximum absolute atomic E-state index is 12.8. The van der Waals surface area contributed by atoms with E-state index < -0.39 is 0 Å². The van der Waals surface area contributed by atoms with Gasteiger partial charge >= 0.3 is 0 Å². The lowest BCUT2D eigenvalue weighted by molar-refractivity contribution is 0.339. The first kappa shape index (κ1) is 16.6. The lowest BCUT2D eigenvalue weighted by Crippen LogP contribution is -2.34. The molecular weight excluding hydrogens is 415 g/mol. The molecule has 2 aromatic carbocycles. The zero-order chi connectivity index (χ0) is 17.1. The van der Waals surface area contributed by atoms with Crippen LogP contribution in [0.5, 0.6) is 5.75 Å². The predicted octanol–water partition coefficient (Wildman–Crippen LogP) is 2.41. The Bertz CT molecular complexity index is 1020. The molecule has 24 heavy (non-hydrogen) atoms. The van der Waals surface area contributed by atoms with Crippen LogP contribution in [0, 0.1) is 3.57 Å². The summed E-state index contributed by atoms with van der Waals surface area (Å²) in [5.41, 5.74) is 1.51. The van der Waals surface area contributed by atoms with Gasteiger partial charge in [0.1, 0.15) is 5.75 Å². The number of para-hydroxylation sites is 1. The SMILES string of the molecule is C=c1[nH]n(-c2ccc(I)cc2)c(=O)/c1=C/c1ccccc1OCC. The van der Waals surface area contributed by atoms with E-state index >= 15 is 0 Å². The lowest BCUT2D eigenvalue weighted by Gasteiger charge is -2.05. The second kappa shape index (κ2) is 7.09. The Morgan fingerprint density at radius 1 is 1.21 bits per heavy atom. The van der Waals surface area contributed by atoms with Gasteiger partial charge in [0, 0.05) is 9.13 Å². The van der Waals surface area contributed by atoms with Gasteiger partial charge in [0.25, 0.3) is 5.56 Å². The first-order chi connectivity index (χ1) is 11.6. The Morgan fingerprint density at radius 3 is 2.62 bits per heavy atom. The maximum atomic E-state index is 12.8. The van der Waals surface area contributed by atoms with Gasteiger partial charge in [-0.15, -0.1) is 0 Å². The fourth-order valence-electron chi connectivity index (χ4n) is 2.46. The fourth-order valence-corrected chi connectivity index (χ4v) is 2.82. The van der Waals surface area contributed by atoms with Crippen molar-refractivity contribution < 1.29 is 4.74 Å². The highest BCUT2D eigenvalue weighted by Gasteiger charge is 2.06. The van der Waals surface area contributed by atoms with Gasteiger partial charge in [0.2, 0.25) is 0 Å². The number of hydrogen-bond acceptors (Lipinski definition) is 2. The van der Waals surface area contributed by atoms with Crippen LogP contribution in [0.1, 0.15) is 12.5 Å². The summed E-state index contributed by atoms with van der Waals surface area (Å²) < 4.78 is 8.24. The van der Waals surface area contributed by atoms with Crippen LogP contribution in [0.3, 0.4) is 0 Å². The van der Waals surface area contributed by atoms with E-state index in [-0.39, 0.29) is 5.56 Å². The molecule has 1 heterocycles. The molecule has 0 saturated carbocycles. The highest BCUT2D eigenvalue weighted by molar-refractivity contribution is 14.1. The van der Waals surface area contributed by atoms with E-state index in [0.29, 0.717) is 17.2 Å². The van der Waals surface area contributed by atoms with Gasteiger partial charge in [0.05, 0.1) is 22.9 Å². The molecule has 0 unspecified atom stereocenters. The second-order valence-electron chi connectivity index (χ2n) is 5.24. The van der Waals surface area contributed by atoms with Crippen molar-refractivity contribution in [1.82, 2.24) is 9.78 Å². The summed E-state index contributed by atoms with van der Waals surface area (Å²) in [6, 6.07) is 15.4. The molecular formula is C19H17IN2O2. The molecule has 0 spiro atoms. The molecule has 0 saturated heterocycles. The number of aromatic amines is 1. The van der Waals surface area contributed by atoms with Crippen molar-refractivity contribution in [3.8, 4) is 11.4 Å². The molecule has 0 aliphatic heterocycles. The third-order valence-corrected chi connectivity index (χ3v) is 4.33. The van der Waals surface area contributed by atoms with Gasteiger partial charge in [-0.2, -0.15) is 0 Å². The van der Waals surface area contributed by atoms with E-state index in [1.54, 1.807) is 0 Å². The molecule has 1 N–H and O–H groups in total. The van der Waals surface area contributed by atoms with Crippen LogP contribution in [0.25, 0.3) is 18.3 Å². The number of nitrogens with zero attached hydrogens (tertiary/aromatic N) is 1. The fraction of sp³-hybridized carbons (Fsp3) is 0.105. The smallest absolute Gasteiger partial charge is 0.279 e. The summed E-state index contributed by atoms with van der Waals surface area (Å²) >= 11 is 2.23. The molecule has 0 bridgehead atoms. The number of ether oxygens (including phenoxy) is 1. The van der Waals surface area contributed by atoms with E-state index in [1.165, 1.54) is 4.68 Å². The molecule has 0 amide bonds. The maximum Gasteiger partial charge on any atom is 0.279 e. The van der Waals surface area contributed by atoms with Gasteiger partial charge in [-0.25, -0.2) is 4.68 Å². The zero-order valence-electron chi connectivity index (χ0n) is 13.3. The van der Waals surface area contributed by atoms with Crippen LogP contribution >= 0.6 is 22.6 Å². The average molecular weight is 432 g/mol. The summed E-state index contributed by atoms with van der Waals surface area (Å²) in [5, 5.41) is 4.14. The minimum Gasteiger partial charge on any atom is -0.493 e. The molecule has 4 nitrogen and oxygen atoms in total. The van der Waals surface area contributed by atoms with E-state index in [0.717, 1.165) is 20.6 Å². The van der Waals surface area contributed by atoms with Crippen LogP contribution in [-0.2, 0) is 0 Å². The molecule has 0 radical (unpaired) electrons. The van der Waals surface area contributed by atoms with Crippen LogP contribution in [0.2, 0.25) is 0 Å². The standard InChI is InChI=1S/C19H17IN2O2/c1-3-24-18-7-5-4-6-14(18)12-17-13(2)21-22(19(17)23)16-10-8-15(20)9-11-16/h4-12,21H,2-3H2,1H3/b17-12+. The number of hydrogen-bond donors (Lipinski definition) is 1. The monoisotopic (exact) mass is 432 g/mol. The zero-order valence-corrected chi connectivity index (χ0v) is 15.4. The van der Waals surface area contributed by atoms with Crippen molar-refractivity contribution in [1.29, 1.82) is 0 Å². The normalized spacial score (nSPS) is 11.7. The quantitative estimate of drug-likeness (QED) is 0.644. The number of aromatic nitrogens is 2. The van der Waals surface area contributed by atoms with Crippen molar-refractivity contribution >= 4 is 35.2 Å². The van der Waals surface area contributed by atoms with Gasteiger partial charge in [-0.3, -0.25) is 9.89 Å². The van der Waals surface area contributed by atoms with Crippen molar-refractivity contribution in [3.05, 3.63) is 78.6 Å². The van der Waals surface area contributed by atoms with Crippen molar-refractivity contribution in [2.24, 2.45) is 0 Å². The van der Waals surface area contributed by atoms with E-state index in [9.17, 15) is 4.79 Å². The number of rotatable bonds is 4. The molecule has 122 valence electrons. The Morgan fingerprint density at radius 2 is 1.92 bits per heavy atom. The average Bonchev–Trinajstić information content (AvgIpc) is 2.86. The third kappa shape index (κ3) is 3.31. The molecule has 5 heteroatoms. The molecule has 0 aliphatic rings. The number of halogens is 1. The van der Waals surface area contributed by atoms with Crippen molar-refractivity contribution in [2.75, 3.05) is 6.61 Å². The van der Waals surface area contributed by atoms with Crippen LogP contribution < -0.4 is 20.9 Å². The van der Waals surface area contributed by atoms with Crippen molar-refractivity contribution in [3.63, 3.8) is 0 Å². The summed E-state index contributed by atoms with van der Waals surface area (Å²) in [6.45, 7) is 6.47. The largest absolute Gasteiger partial charge is 0.493 e. The number of nitrogens with one attached hydrogen (secondary N) is 1. The van der Waals surface area contributed by atoms with E-state index in [2.05, 4.69) is 34.3 Å². The summed E-state index contributed by atoms with van der Waals surface area (Å²) in [4.78, 5) is 12.8. The Labute approximate surface area is 153 Å². The Hall–Kier alpha value is -2.28. The summed E-state index contributed by atoms with van der Waals surface area (Å²) in [7, 11) is 0.